The molecule has 1 aromatic rings. The summed E-state index contributed by atoms with van der Waals surface area (Å²) >= 11 is 0. The number of nitrogens with two attached hydrogens (primary N) is 2. The molecular weight excluding hydrogens is 196 g/mol. The lowest BCUT2D eigenvalue weighted by molar-refractivity contribution is 0.528. The highest BCUT2D eigenvalue weighted by molar-refractivity contribution is 5.76. The van der Waals surface area contributed by atoms with E-state index in [-0.39, 0.29) is 5.54 Å². The first-order chi connectivity index (χ1) is 7.65. The van der Waals surface area contributed by atoms with E-state index in [1.54, 1.807) is 0 Å². The zero-order chi connectivity index (χ0) is 11.6. The van der Waals surface area contributed by atoms with Crippen LogP contribution in [0.4, 0.5) is 0 Å². The monoisotopic (exact) mass is 214 g/mol. The topological polar surface area (TPSA) is 52.0 Å². The van der Waals surface area contributed by atoms with Crippen molar-refractivity contribution >= 4 is 5.57 Å². The summed E-state index contributed by atoms with van der Waals surface area (Å²) in [7, 11) is 0. The molecule has 1 aliphatic rings. The summed E-state index contributed by atoms with van der Waals surface area (Å²) in [6, 6.07) is 10.2. The molecule has 0 radical (unpaired) electrons. The van der Waals surface area contributed by atoms with Gasteiger partial charge in [-0.3, -0.25) is 0 Å². The molecule has 0 fully saturated rings. The summed E-state index contributed by atoms with van der Waals surface area (Å²) in [4.78, 5) is 0. The second-order valence-electron chi connectivity index (χ2n) is 4.34. The van der Waals surface area contributed by atoms with Gasteiger partial charge in [0.15, 0.2) is 0 Å². The van der Waals surface area contributed by atoms with Gasteiger partial charge in [0.2, 0.25) is 0 Å². The van der Waals surface area contributed by atoms with Crippen molar-refractivity contribution in [3.05, 3.63) is 53.7 Å². The quantitative estimate of drug-likeness (QED) is 0.794. The largest absolute Gasteiger partial charge is 0.399 e. The summed E-state index contributed by atoms with van der Waals surface area (Å²) in [5.74, 6) is 0. The van der Waals surface area contributed by atoms with Crippen LogP contribution in [0, 0.1) is 0 Å². The molecule has 0 aromatic heterocycles. The zero-order valence-electron chi connectivity index (χ0n) is 9.61. The Morgan fingerprint density at radius 1 is 1.25 bits per heavy atom. The number of rotatable bonds is 2. The maximum atomic E-state index is 6.43. The van der Waals surface area contributed by atoms with Gasteiger partial charge in [-0.2, -0.15) is 0 Å². The summed E-state index contributed by atoms with van der Waals surface area (Å²) in [5.41, 5.74) is 15.2. The number of hydrogen-bond donors (Lipinski definition) is 2. The SMILES string of the molecule is CC[C@]1(N)CC=C(N)C=C1c1ccccc1. The molecule has 84 valence electrons. The Balaban J connectivity index is 2.47. The third-order valence-electron chi connectivity index (χ3n) is 3.27. The first-order valence-electron chi connectivity index (χ1n) is 5.68. The molecule has 1 aliphatic carbocycles. The van der Waals surface area contributed by atoms with Gasteiger partial charge in [0, 0.05) is 11.2 Å². The average Bonchev–Trinajstić information content (AvgIpc) is 2.33. The highest BCUT2D eigenvalue weighted by atomic mass is 14.8. The van der Waals surface area contributed by atoms with Gasteiger partial charge in [-0.25, -0.2) is 0 Å². The minimum absolute atomic E-state index is 0.274. The van der Waals surface area contributed by atoms with E-state index in [9.17, 15) is 0 Å². The van der Waals surface area contributed by atoms with E-state index < -0.39 is 0 Å². The number of hydrogen-bond acceptors (Lipinski definition) is 2. The van der Waals surface area contributed by atoms with Crippen molar-refractivity contribution in [3.8, 4) is 0 Å². The molecule has 0 heterocycles. The lowest BCUT2D eigenvalue weighted by atomic mass is 9.78. The van der Waals surface area contributed by atoms with Crippen molar-refractivity contribution in [1.29, 1.82) is 0 Å². The fourth-order valence-electron chi connectivity index (χ4n) is 2.10. The maximum absolute atomic E-state index is 6.43. The van der Waals surface area contributed by atoms with E-state index in [1.165, 1.54) is 5.56 Å². The Morgan fingerprint density at radius 3 is 2.56 bits per heavy atom. The number of allylic oxidation sites excluding steroid dienone is 1. The van der Waals surface area contributed by atoms with Crippen molar-refractivity contribution in [2.24, 2.45) is 11.5 Å². The summed E-state index contributed by atoms with van der Waals surface area (Å²) in [6.45, 7) is 2.12. The molecule has 2 rings (SSSR count). The van der Waals surface area contributed by atoms with Crippen molar-refractivity contribution in [2.45, 2.75) is 25.3 Å². The highest BCUT2D eigenvalue weighted by Gasteiger charge is 2.29. The summed E-state index contributed by atoms with van der Waals surface area (Å²) in [6.07, 6.45) is 5.74. The molecule has 0 amide bonds. The van der Waals surface area contributed by atoms with Crippen molar-refractivity contribution in [3.63, 3.8) is 0 Å². The molecule has 4 N–H and O–H groups in total. The minimum Gasteiger partial charge on any atom is -0.399 e. The fraction of sp³-hybridized carbons (Fsp3) is 0.286. The molecule has 0 unspecified atom stereocenters. The van der Waals surface area contributed by atoms with Crippen molar-refractivity contribution in [2.75, 3.05) is 0 Å². The van der Waals surface area contributed by atoms with E-state index in [0.29, 0.717) is 0 Å². The number of benzene rings is 1. The standard InChI is InChI=1S/C14H18N2/c1-2-14(16)9-8-12(15)10-13(14)11-6-4-3-5-7-11/h3-8,10H,2,9,15-16H2,1H3/t14-/m0/s1. The van der Waals surface area contributed by atoms with E-state index in [2.05, 4.69) is 19.1 Å². The Hall–Kier alpha value is -1.54. The van der Waals surface area contributed by atoms with Crippen LogP contribution in [0.3, 0.4) is 0 Å². The second kappa shape index (κ2) is 4.14. The van der Waals surface area contributed by atoms with Crippen molar-refractivity contribution < 1.29 is 0 Å². The summed E-state index contributed by atoms with van der Waals surface area (Å²) < 4.78 is 0. The average molecular weight is 214 g/mol. The van der Waals surface area contributed by atoms with Crippen LogP contribution < -0.4 is 11.5 Å². The predicted octanol–water partition coefficient (Wildman–Crippen LogP) is 2.42. The van der Waals surface area contributed by atoms with E-state index in [4.69, 9.17) is 11.5 Å². The van der Waals surface area contributed by atoms with Crippen LogP contribution in [0.15, 0.2) is 48.2 Å². The van der Waals surface area contributed by atoms with Gasteiger partial charge in [-0.1, -0.05) is 43.3 Å². The van der Waals surface area contributed by atoms with Crippen LogP contribution in [-0.4, -0.2) is 5.54 Å². The molecule has 2 nitrogen and oxygen atoms in total. The Kier molecular flexibility index (Phi) is 2.84. The van der Waals surface area contributed by atoms with Crippen LogP contribution in [0.2, 0.25) is 0 Å². The second-order valence-corrected chi connectivity index (χ2v) is 4.34. The Bertz CT molecular complexity index is 431. The fourth-order valence-corrected chi connectivity index (χ4v) is 2.10. The lowest BCUT2D eigenvalue weighted by Gasteiger charge is -2.33. The van der Waals surface area contributed by atoms with Crippen LogP contribution >= 0.6 is 0 Å². The first-order valence-corrected chi connectivity index (χ1v) is 5.68. The molecule has 0 spiro atoms. The molecule has 1 aromatic carbocycles. The molecule has 0 saturated heterocycles. The smallest absolute Gasteiger partial charge is 0.0449 e. The van der Waals surface area contributed by atoms with Crippen molar-refractivity contribution in [1.82, 2.24) is 0 Å². The third-order valence-corrected chi connectivity index (χ3v) is 3.27. The summed E-state index contributed by atoms with van der Waals surface area (Å²) in [5, 5.41) is 0. The zero-order valence-corrected chi connectivity index (χ0v) is 9.61. The van der Waals surface area contributed by atoms with Crippen LogP contribution in [-0.2, 0) is 0 Å². The van der Waals surface area contributed by atoms with Crippen LogP contribution in [0.1, 0.15) is 25.3 Å². The van der Waals surface area contributed by atoms with Gasteiger partial charge >= 0.3 is 0 Å². The van der Waals surface area contributed by atoms with Crippen LogP contribution in [0.25, 0.3) is 5.57 Å². The minimum atomic E-state index is -0.274. The van der Waals surface area contributed by atoms with E-state index in [0.717, 1.165) is 24.1 Å². The normalized spacial score (nSPS) is 24.9. The Morgan fingerprint density at radius 2 is 1.94 bits per heavy atom. The maximum Gasteiger partial charge on any atom is 0.0449 e. The molecule has 0 aliphatic heterocycles. The van der Waals surface area contributed by atoms with E-state index >= 15 is 0 Å². The molecule has 0 saturated carbocycles. The lowest BCUT2D eigenvalue weighted by Crippen LogP contribution is -2.41. The molecule has 1 atom stereocenters. The van der Waals surface area contributed by atoms with E-state index in [1.807, 2.05) is 30.4 Å². The molecular formula is C14H18N2. The van der Waals surface area contributed by atoms with Crippen LogP contribution in [0.5, 0.6) is 0 Å². The van der Waals surface area contributed by atoms with Gasteiger partial charge in [-0.15, -0.1) is 0 Å². The van der Waals surface area contributed by atoms with Gasteiger partial charge in [0.1, 0.15) is 0 Å². The Labute approximate surface area is 96.6 Å². The molecule has 16 heavy (non-hydrogen) atoms. The molecule has 2 heteroatoms. The van der Waals surface area contributed by atoms with Gasteiger partial charge in [-0.05, 0) is 30.1 Å². The molecule has 0 bridgehead atoms. The predicted molar refractivity (Wildman–Crippen MR) is 68.5 cm³/mol. The van der Waals surface area contributed by atoms with Gasteiger partial charge in [0.05, 0.1) is 0 Å². The highest BCUT2D eigenvalue weighted by Crippen LogP contribution is 2.34. The van der Waals surface area contributed by atoms with Gasteiger partial charge < -0.3 is 11.5 Å². The first kappa shape index (κ1) is 11.0. The third kappa shape index (κ3) is 1.89. The van der Waals surface area contributed by atoms with Gasteiger partial charge in [0.25, 0.3) is 0 Å².